The van der Waals surface area contributed by atoms with Gasteiger partial charge in [0, 0.05) is 36.4 Å². The van der Waals surface area contributed by atoms with Crippen LogP contribution in [0.25, 0.3) is 0 Å². The number of phenolic OH excluding ortho intramolecular Hbond substituents is 1. The van der Waals surface area contributed by atoms with Gasteiger partial charge in [0.2, 0.25) is 5.88 Å². The Balaban J connectivity index is 1.51. The molecule has 1 aliphatic rings. The average molecular weight is 331 g/mol. The molecule has 0 unspecified atom stereocenters. The fourth-order valence-corrected chi connectivity index (χ4v) is 2.70. The summed E-state index contributed by atoms with van der Waals surface area (Å²) in [5.41, 5.74) is 1.78. The van der Waals surface area contributed by atoms with E-state index in [-0.39, 0.29) is 5.75 Å². The van der Waals surface area contributed by atoms with E-state index in [2.05, 4.69) is 9.88 Å². The van der Waals surface area contributed by atoms with E-state index in [4.69, 9.17) is 4.74 Å². The van der Waals surface area contributed by atoms with E-state index in [1.165, 1.54) is 0 Å². The zero-order valence-corrected chi connectivity index (χ0v) is 13.5. The highest BCUT2D eigenvalue weighted by atomic mass is 16.5. The number of rotatable bonds is 4. The lowest BCUT2D eigenvalue weighted by molar-refractivity contribution is 0.463. The van der Waals surface area contributed by atoms with Gasteiger partial charge < -0.3 is 19.6 Å². The zero-order chi connectivity index (χ0) is 17.1. The molecule has 2 heterocycles. The smallest absolute Gasteiger partial charge is 0.219 e. The van der Waals surface area contributed by atoms with Gasteiger partial charge in [-0.05, 0) is 30.3 Å². The third kappa shape index (κ3) is 3.26. The Labute approximate surface area is 146 Å². The van der Waals surface area contributed by atoms with Crippen molar-refractivity contribution in [1.82, 2.24) is 4.98 Å². The Hall–Kier alpha value is -3.47. The third-order valence-corrected chi connectivity index (χ3v) is 3.93. The van der Waals surface area contributed by atoms with Gasteiger partial charge in [-0.25, -0.2) is 4.98 Å². The Morgan fingerprint density at radius 1 is 0.880 bits per heavy atom. The monoisotopic (exact) mass is 331 g/mol. The summed E-state index contributed by atoms with van der Waals surface area (Å²) in [5.74, 6) is 1.55. The van der Waals surface area contributed by atoms with Crippen molar-refractivity contribution in [1.29, 1.82) is 0 Å². The largest absolute Gasteiger partial charge is 0.506 e. The molecule has 0 saturated heterocycles. The molecule has 0 radical (unpaired) electrons. The van der Waals surface area contributed by atoms with Crippen molar-refractivity contribution in [3.63, 3.8) is 0 Å². The summed E-state index contributed by atoms with van der Waals surface area (Å²) in [6, 6.07) is 20.7. The van der Waals surface area contributed by atoms with Crippen LogP contribution in [0.1, 0.15) is 0 Å². The van der Waals surface area contributed by atoms with E-state index in [0.29, 0.717) is 12.5 Å². The van der Waals surface area contributed by atoms with E-state index >= 15 is 0 Å². The van der Waals surface area contributed by atoms with Crippen molar-refractivity contribution in [3.05, 3.63) is 85.3 Å². The molecule has 1 aliphatic heterocycles. The van der Waals surface area contributed by atoms with E-state index in [1.54, 1.807) is 12.3 Å². The van der Waals surface area contributed by atoms with Crippen LogP contribution in [0.4, 0.5) is 11.4 Å². The first-order chi connectivity index (χ1) is 12.3. The minimum Gasteiger partial charge on any atom is -0.506 e. The van der Waals surface area contributed by atoms with Gasteiger partial charge in [-0.1, -0.05) is 24.3 Å². The van der Waals surface area contributed by atoms with Crippen molar-refractivity contribution >= 4 is 11.4 Å². The highest BCUT2D eigenvalue weighted by Crippen LogP contribution is 2.32. The first-order valence-electron chi connectivity index (χ1n) is 7.98. The minimum absolute atomic E-state index is 0.265. The standard InChI is InChI=1S/C20H17N3O2/c24-19-9-2-1-8-18(19)23-13-12-22(15-23)16-6-5-7-17(14-16)25-20-10-3-4-11-21-20/h1-14,24H,15H2. The van der Waals surface area contributed by atoms with Gasteiger partial charge in [-0.2, -0.15) is 0 Å². The molecule has 0 aliphatic carbocycles. The first kappa shape index (κ1) is 15.1. The number of phenols is 1. The van der Waals surface area contributed by atoms with Gasteiger partial charge in [0.05, 0.1) is 12.4 Å². The van der Waals surface area contributed by atoms with Crippen LogP contribution in [-0.4, -0.2) is 16.8 Å². The quantitative estimate of drug-likeness (QED) is 0.771. The first-order valence-corrected chi connectivity index (χ1v) is 7.98. The fraction of sp³-hybridized carbons (Fsp3) is 0.0500. The zero-order valence-electron chi connectivity index (χ0n) is 13.5. The second-order valence-corrected chi connectivity index (χ2v) is 5.64. The van der Waals surface area contributed by atoms with Gasteiger partial charge >= 0.3 is 0 Å². The minimum atomic E-state index is 0.265. The second-order valence-electron chi connectivity index (χ2n) is 5.64. The number of benzene rings is 2. The van der Waals surface area contributed by atoms with Crippen LogP contribution < -0.4 is 14.5 Å². The number of aromatic nitrogens is 1. The average Bonchev–Trinajstić information content (AvgIpc) is 3.13. The summed E-state index contributed by atoms with van der Waals surface area (Å²) in [4.78, 5) is 8.25. The van der Waals surface area contributed by atoms with E-state index in [9.17, 15) is 5.11 Å². The maximum Gasteiger partial charge on any atom is 0.219 e. The van der Waals surface area contributed by atoms with Crippen molar-refractivity contribution < 1.29 is 9.84 Å². The number of para-hydroxylation sites is 2. The maximum atomic E-state index is 10.0. The van der Waals surface area contributed by atoms with Gasteiger partial charge in [0.15, 0.2) is 0 Å². The number of nitrogens with zero attached hydrogens (tertiary/aromatic N) is 3. The molecule has 3 aromatic rings. The molecule has 0 bridgehead atoms. The van der Waals surface area contributed by atoms with E-state index in [0.717, 1.165) is 17.1 Å². The molecule has 5 nitrogen and oxygen atoms in total. The molecule has 124 valence electrons. The summed E-state index contributed by atoms with van der Waals surface area (Å²) in [6.07, 6.45) is 5.63. The topological polar surface area (TPSA) is 48.8 Å². The molecule has 25 heavy (non-hydrogen) atoms. The van der Waals surface area contributed by atoms with Crippen LogP contribution in [-0.2, 0) is 0 Å². The number of hydrogen-bond donors (Lipinski definition) is 1. The van der Waals surface area contributed by atoms with E-state index < -0.39 is 0 Å². The van der Waals surface area contributed by atoms with Crippen LogP contribution in [0.15, 0.2) is 85.3 Å². The van der Waals surface area contributed by atoms with Crippen molar-refractivity contribution in [3.8, 4) is 17.4 Å². The van der Waals surface area contributed by atoms with Crippen LogP contribution in [0.5, 0.6) is 17.4 Å². The molecule has 0 atom stereocenters. The Kier molecular flexibility index (Phi) is 3.96. The van der Waals surface area contributed by atoms with Crippen molar-refractivity contribution in [2.24, 2.45) is 0 Å². The molecule has 0 spiro atoms. The number of anilines is 2. The summed E-state index contributed by atoms with van der Waals surface area (Å²) in [5, 5.41) is 10.0. The normalized spacial score (nSPS) is 13.3. The Morgan fingerprint density at radius 2 is 1.72 bits per heavy atom. The summed E-state index contributed by atoms with van der Waals surface area (Å²) in [6.45, 7) is 0.616. The highest BCUT2D eigenvalue weighted by Gasteiger charge is 2.17. The Morgan fingerprint density at radius 3 is 2.56 bits per heavy atom. The van der Waals surface area contributed by atoms with Crippen LogP contribution in [0.2, 0.25) is 0 Å². The van der Waals surface area contributed by atoms with E-state index in [1.807, 2.05) is 78.0 Å². The Bertz CT molecular complexity index is 896. The predicted octanol–water partition coefficient (Wildman–Crippen LogP) is 4.33. The molecular weight excluding hydrogens is 314 g/mol. The van der Waals surface area contributed by atoms with Crippen molar-refractivity contribution in [2.45, 2.75) is 0 Å². The lowest BCUT2D eigenvalue weighted by Gasteiger charge is -2.22. The van der Waals surface area contributed by atoms with Crippen molar-refractivity contribution in [2.75, 3.05) is 16.5 Å². The number of pyridine rings is 1. The van der Waals surface area contributed by atoms with Crippen LogP contribution in [0, 0.1) is 0 Å². The summed E-state index contributed by atoms with van der Waals surface area (Å²) in [7, 11) is 0. The molecule has 0 amide bonds. The summed E-state index contributed by atoms with van der Waals surface area (Å²) >= 11 is 0. The highest BCUT2D eigenvalue weighted by molar-refractivity contribution is 5.64. The molecule has 0 saturated carbocycles. The van der Waals surface area contributed by atoms with Crippen LogP contribution in [0.3, 0.4) is 0 Å². The predicted molar refractivity (Wildman–Crippen MR) is 97.8 cm³/mol. The third-order valence-electron chi connectivity index (χ3n) is 3.93. The lowest BCUT2D eigenvalue weighted by Crippen LogP contribution is -2.24. The molecule has 1 aromatic heterocycles. The fourth-order valence-electron chi connectivity index (χ4n) is 2.70. The molecular formula is C20H17N3O2. The van der Waals surface area contributed by atoms with Gasteiger partial charge in [-0.15, -0.1) is 0 Å². The van der Waals surface area contributed by atoms with Gasteiger partial charge in [-0.3, -0.25) is 0 Å². The molecule has 2 aromatic carbocycles. The molecule has 0 fully saturated rings. The van der Waals surface area contributed by atoms with Gasteiger partial charge in [0.1, 0.15) is 11.5 Å². The number of hydrogen-bond acceptors (Lipinski definition) is 5. The molecule has 1 N–H and O–H groups in total. The number of aromatic hydroxyl groups is 1. The molecule has 5 heteroatoms. The lowest BCUT2D eigenvalue weighted by atomic mass is 10.2. The van der Waals surface area contributed by atoms with Crippen LogP contribution >= 0.6 is 0 Å². The second kappa shape index (κ2) is 6.57. The SMILES string of the molecule is Oc1ccccc1N1C=CN(c2cccc(Oc3ccccn3)c2)C1. The maximum absolute atomic E-state index is 10.0. The number of ether oxygens (including phenoxy) is 1. The summed E-state index contributed by atoms with van der Waals surface area (Å²) < 4.78 is 5.79. The van der Waals surface area contributed by atoms with Gasteiger partial charge in [0.25, 0.3) is 0 Å². The molecule has 4 rings (SSSR count).